The van der Waals surface area contributed by atoms with E-state index in [1.54, 1.807) is 12.1 Å². The van der Waals surface area contributed by atoms with E-state index in [-0.39, 0.29) is 65.7 Å². The molecule has 37 heavy (non-hydrogen) atoms. The van der Waals surface area contributed by atoms with Crippen LogP contribution in [0.25, 0.3) is 0 Å². The van der Waals surface area contributed by atoms with Crippen molar-refractivity contribution >= 4 is 34.5 Å². The summed E-state index contributed by atoms with van der Waals surface area (Å²) in [5.74, 6) is 0.420. The van der Waals surface area contributed by atoms with Crippen molar-refractivity contribution in [1.82, 2.24) is 4.90 Å². The van der Waals surface area contributed by atoms with E-state index in [2.05, 4.69) is 19.1 Å². The molecule has 0 aromatic heterocycles. The number of benzene rings is 2. The quantitative estimate of drug-likeness (QED) is 0.239. The number of nitrogens with two attached hydrogens (primary N) is 1. The van der Waals surface area contributed by atoms with Crippen LogP contribution < -0.4 is 10.5 Å². The maximum absolute atomic E-state index is 13.5. The van der Waals surface area contributed by atoms with Gasteiger partial charge in [0.2, 0.25) is 5.91 Å². The number of nitrogens with one attached hydrogen (secondary N) is 1. The number of Topliss-reactive ketones (excluding diaryl/α,β-unsaturated/α-hetero) is 1. The number of ketones is 1. The van der Waals surface area contributed by atoms with Gasteiger partial charge in [-0.2, -0.15) is 0 Å². The first-order chi connectivity index (χ1) is 17.0. The first kappa shape index (κ1) is 30.4. The largest absolute Gasteiger partial charge is 0.504 e. The van der Waals surface area contributed by atoms with Crippen molar-refractivity contribution in [3.8, 4) is 11.5 Å². The Labute approximate surface area is 230 Å². The van der Waals surface area contributed by atoms with Crippen molar-refractivity contribution in [2.24, 2.45) is 11.7 Å². The average molecular weight is 575 g/mol. The smallest absolute Gasteiger partial charge is 0.217 e. The van der Waals surface area contributed by atoms with Gasteiger partial charge in [-0.05, 0) is 41.9 Å². The van der Waals surface area contributed by atoms with Crippen molar-refractivity contribution < 1.29 is 19.4 Å². The molecule has 2 atom stereocenters. The molecule has 4 N–H and O–H groups in total. The lowest BCUT2D eigenvalue weighted by molar-refractivity contribution is -0.118. The Bertz CT molecular complexity index is 1100. The molecular formula is C29H40BrN3O4. The average Bonchev–Trinajstić information content (AvgIpc) is 3.11. The molecule has 1 aliphatic heterocycles. The lowest BCUT2D eigenvalue weighted by atomic mass is 9.84. The summed E-state index contributed by atoms with van der Waals surface area (Å²) >= 11 is 0. The van der Waals surface area contributed by atoms with E-state index in [1.165, 1.54) is 0 Å². The molecule has 0 spiro atoms. The van der Waals surface area contributed by atoms with Crippen LogP contribution in [0, 0.1) is 11.3 Å². The van der Waals surface area contributed by atoms with Crippen LogP contribution >= 0.6 is 17.0 Å². The van der Waals surface area contributed by atoms with Gasteiger partial charge in [-0.1, -0.05) is 64.4 Å². The molecule has 0 unspecified atom stereocenters. The molecule has 1 aliphatic rings. The molecule has 3 rings (SSSR count). The molecule has 0 radical (unpaired) electrons. The minimum atomic E-state index is -0.420. The molecule has 1 amide bonds. The van der Waals surface area contributed by atoms with Crippen molar-refractivity contribution in [2.75, 3.05) is 19.7 Å². The van der Waals surface area contributed by atoms with Gasteiger partial charge in [-0.25, -0.2) is 0 Å². The molecule has 1 heterocycles. The fourth-order valence-corrected chi connectivity index (χ4v) is 4.92. The molecule has 1 fully saturated rings. The van der Waals surface area contributed by atoms with Gasteiger partial charge >= 0.3 is 0 Å². The third-order valence-electron chi connectivity index (χ3n) is 6.74. The van der Waals surface area contributed by atoms with E-state index in [1.807, 2.05) is 43.9 Å². The summed E-state index contributed by atoms with van der Waals surface area (Å²) in [6, 6.07) is 13.4. The fourth-order valence-electron chi connectivity index (χ4n) is 4.92. The predicted octanol–water partition coefficient (Wildman–Crippen LogP) is 5.59. The number of ether oxygens (including phenoxy) is 1. The van der Waals surface area contributed by atoms with Crippen LogP contribution in [-0.2, 0) is 10.2 Å². The van der Waals surface area contributed by atoms with E-state index in [0.29, 0.717) is 29.9 Å². The van der Waals surface area contributed by atoms with Crippen LogP contribution in [0.2, 0.25) is 0 Å². The van der Waals surface area contributed by atoms with Crippen molar-refractivity contribution in [3.05, 3.63) is 59.2 Å². The number of carbonyl (C=O) groups is 2. The number of nitrogens with zero attached hydrogens (tertiary/aromatic N) is 1. The van der Waals surface area contributed by atoms with Crippen LogP contribution in [0.5, 0.6) is 11.5 Å². The van der Waals surface area contributed by atoms with E-state index in [9.17, 15) is 14.7 Å². The maximum Gasteiger partial charge on any atom is 0.217 e. The number of halogens is 1. The van der Waals surface area contributed by atoms with Gasteiger partial charge in [0.1, 0.15) is 5.84 Å². The second kappa shape index (κ2) is 13.1. The highest BCUT2D eigenvalue weighted by Crippen LogP contribution is 2.40. The van der Waals surface area contributed by atoms with Crippen LogP contribution in [0.4, 0.5) is 0 Å². The molecule has 8 heteroatoms. The number of rotatable bonds is 11. The number of hydrogen-bond donors (Lipinski definition) is 3. The topological polar surface area (TPSA) is 117 Å². The van der Waals surface area contributed by atoms with Crippen molar-refractivity contribution in [1.29, 1.82) is 5.41 Å². The first-order valence-corrected chi connectivity index (χ1v) is 12.7. The highest BCUT2D eigenvalue weighted by atomic mass is 79.9. The first-order valence-electron chi connectivity index (χ1n) is 12.7. The molecule has 2 aromatic rings. The monoisotopic (exact) mass is 573 g/mol. The van der Waals surface area contributed by atoms with Crippen molar-refractivity contribution in [2.45, 2.75) is 64.7 Å². The molecule has 202 valence electrons. The van der Waals surface area contributed by atoms with Gasteiger partial charge in [0.15, 0.2) is 17.3 Å². The lowest BCUT2D eigenvalue weighted by Gasteiger charge is -2.24. The standard InChI is InChI=1S/C29H39N3O4.BrH/c1-5-10-20-17-32(28(31)26(20)19-11-7-6-8-12-19)18-23(33)21-15-22(29(2,3)4)27(35)24(16-21)36-14-9-13-25(30)34;/h6-8,11-12,15-16,20,26,31,35H,5,9-10,13-14,17-18H2,1-4H3,(H2,30,34);1H/t20-,26+;/m0./s1. The summed E-state index contributed by atoms with van der Waals surface area (Å²) in [5.41, 5.74) is 6.94. The van der Waals surface area contributed by atoms with Gasteiger partial charge in [0.05, 0.1) is 13.2 Å². The summed E-state index contributed by atoms with van der Waals surface area (Å²) in [5, 5.41) is 19.7. The van der Waals surface area contributed by atoms with Gasteiger partial charge in [0, 0.05) is 30.0 Å². The minimum Gasteiger partial charge on any atom is -0.504 e. The van der Waals surface area contributed by atoms with E-state index >= 15 is 0 Å². The van der Waals surface area contributed by atoms with E-state index < -0.39 is 11.3 Å². The fraction of sp³-hybridized carbons (Fsp3) is 0.483. The summed E-state index contributed by atoms with van der Waals surface area (Å²) < 4.78 is 5.76. The lowest BCUT2D eigenvalue weighted by Crippen LogP contribution is -2.32. The molecular weight excluding hydrogens is 534 g/mol. The molecule has 0 saturated carbocycles. The Balaban J connectivity index is 0.00000481. The number of aromatic hydroxyl groups is 1. The second-order valence-corrected chi connectivity index (χ2v) is 10.7. The summed E-state index contributed by atoms with van der Waals surface area (Å²) in [6.07, 6.45) is 2.61. The Hall–Kier alpha value is -2.87. The van der Waals surface area contributed by atoms with Crippen LogP contribution in [-0.4, -0.2) is 47.2 Å². The highest BCUT2D eigenvalue weighted by molar-refractivity contribution is 8.93. The number of amidine groups is 1. The van der Waals surface area contributed by atoms with Crippen molar-refractivity contribution in [3.63, 3.8) is 0 Å². The number of primary amides is 1. The predicted molar refractivity (Wildman–Crippen MR) is 152 cm³/mol. The number of likely N-dealkylation sites (tertiary alicyclic amines) is 1. The molecule has 0 bridgehead atoms. The van der Waals surface area contributed by atoms with Crippen LogP contribution in [0.3, 0.4) is 0 Å². The Kier molecular flexibility index (Phi) is 10.7. The Morgan fingerprint density at radius 3 is 2.46 bits per heavy atom. The number of phenols is 1. The van der Waals surface area contributed by atoms with E-state index in [0.717, 1.165) is 18.4 Å². The zero-order valence-electron chi connectivity index (χ0n) is 22.3. The SMILES string of the molecule is Br.CCC[C@H]1CN(CC(=O)c2cc(OCCCC(N)=O)c(O)c(C(C)(C)C)c2)C(=N)[C@@H]1c1ccccc1. The van der Waals surface area contributed by atoms with Crippen LogP contribution in [0.1, 0.15) is 80.8 Å². The van der Waals surface area contributed by atoms with Gasteiger partial charge in [0.25, 0.3) is 0 Å². The summed E-state index contributed by atoms with van der Waals surface area (Å²) in [4.78, 5) is 26.4. The molecule has 0 aliphatic carbocycles. The third-order valence-corrected chi connectivity index (χ3v) is 6.74. The molecule has 1 saturated heterocycles. The Morgan fingerprint density at radius 2 is 1.86 bits per heavy atom. The van der Waals surface area contributed by atoms with Gasteiger partial charge in [-0.3, -0.25) is 15.0 Å². The maximum atomic E-state index is 13.5. The zero-order valence-corrected chi connectivity index (χ0v) is 24.0. The molecule has 7 nitrogen and oxygen atoms in total. The number of phenolic OH excluding ortho intramolecular Hbond substituents is 1. The third kappa shape index (κ3) is 7.57. The highest BCUT2D eigenvalue weighted by Gasteiger charge is 2.38. The zero-order chi connectivity index (χ0) is 26.5. The van der Waals surface area contributed by atoms with Gasteiger partial charge in [-0.15, -0.1) is 17.0 Å². The van der Waals surface area contributed by atoms with Gasteiger partial charge < -0.3 is 20.5 Å². The number of hydrogen-bond acceptors (Lipinski definition) is 5. The van der Waals surface area contributed by atoms with Crippen LogP contribution in [0.15, 0.2) is 42.5 Å². The second-order valence-electron chi connectivity index (χ2n) is 10.7. The Morgan fingerprint density at radius 1 is 1.19 bits per heavy atom. The number of carbonyl (C=O) groups excluding carboxylic acids is 2. The number of amides is 1. The van der Waals surface area contributed by atoms with E-state index in [4.69, 9.17) is 15.9 Å². The normalized spacial score (nSPS) is 17.4. The molecule has 2 aromatic carbocycles. The minimum absolute atomic E-state index is 0. The summed E-state index contributed by atoms with van der Waals surface area (Å²) in [6.45, 7) is 8.99. The summed E-state index contributed by atoms with van der Waals surface area (Å²) in [7, 11) is 0.